The van der Waals surface area contributed by atoms with Crippen molar-refractivity contribution in [3.05, 3.63) is 40.9 Å². The lowest BCUT2D eigenvalue weighted by molar-refractivity contribution is 0.00578. The fourth-order valence-electron chi connectivity index (χ4n) is 2.34. The minimum absolute atomic E-state index is 0.134. The highest BCUT2D eigenvalue weighted by Gasteiger charge is 2.52. The Morgan fingerprint density at radius 2 is 1.75 bits per heavy atom. The molecule has 0 atom stereocenters. The van der Waals surface area contributed by atoms with Crippen molar-refractivity contribution >= 4 is 19.0 Å². The Kier molecular flexibility index (Phi) is 5.29. The van der Waals surface area contributed by atoms with Crippen LogP contribution in [0.15, 0.2) is 29.7 Å². The quantitative estimate of drug-likeness (QED) is 0.664. The van der Waals surface area contributed by atoms with Crippen LogP contribution in [-0.2, 0) is 9.31 Å². The van der Waals surface area contributed by atoms with E-state index in [0.29, 0.717) is 11.0 Å². The van der Waals surface area contributed by atoms with Gasteiger partial charge in [-0.15, -0.1) is 0 Å². The lowest BCUT2D eigenvalue weighted by atomic mass is 9.77. The van der Waals surface area contributed by atoms with E-state index >= 15 is 0 Å². The fourth-order valence-corrected chi connectivity index (χ4v) is 2.34. The molecule has 0 bridgehead atoms. The Morgan fingerprint density at radius 1 is 1.21 bits per heavy atom. The lowest BCUT2D eigenvalue weighted by Gasteiger charge is -2.32. The maximum atomic E-state index is 11.7. The van der Waals surface area contributed by atoms with Crippen LogP contribution < -0.4 is 0 Å². The Hall–Kier alpha value is -1.94. The highest BCUT2D eigenvalue weighted by atomic mass is 16.7. The molecule has 1 aromatic rings. The van der Waals surface area contributed by atoms with E-state index in [4.69, 9.17) is 14.6 Å². The summed E-state index contributed by atoms with van der Waals surface area (Å²) in [4.78, 5) is 11.7. The molecule has 1 fully saturated rings. The van der Waals surface area contributed by atoms with E-state index in [2.05, 4.69) is 0 Å². The van der Waals surface area contributed by atoms with Crippen molar-refractivity contribution in [2.75, 3.05) is 6.61 Å². The predicted molar refractivity (Wildman–Crippen MR) is 92.1 cm³/mol. The first kappa shape index (κ1) is 18.4. The minimum atomic E-state index is -0.611. The van der Waals surface area contributed by atoms with Gasteiger partial charge in [0, 0.05) is 5.56 Å². The molecule has 2 rings (SSSR count). The number of carbonyl (C=O) groups excluding carboxylic acids is 1. The number of Topliss-reactive ketones (excluding diaryl/α,β-unsaturated/α-hetero) is 1. The van der Waals surface area contributed by atoms with Gasteiger partial charge >= 0.3 is 7.12 Å². The van der Waals surface area contributed by atoms with Crippen LogP contribution in [0, 0.1) is 11.3 Å². The molecule has 126 valence electrons. The van der Waals surface area contributed by atoms with Gasteiger partial charge in [-0.25, -0.2) is 0 Å². The summed E-state index contributed by atoms with van der Waals surface area (Å²) in [6.07, 6.45) is 1.66. The number of ketones is 1. The molecule has 1 aromatic carbocycles. The van der Waals surface area contributed by atoms with Crippen molar-refractivity contribution in [1.29, 1.82) is 5.26 Å². The summed E-state index contributed by atoms with van der Waals surface area (Å²) < 4.78 is 11.9. The maximum Gasteiger partial charge on any atom is 0.492 e. The molecule has 0 amide bonds. The second kappa shape index (κ2) is 6.90. The number of aliphatic hydroxyl groups is 1. The number of carbonyl (C=O) groups is 1. The Labute approximate surface area is 143 Å². The van der Waals surface area contributed by atoms with Crippen molar-refractivity contribution in [3.8, 4) is 6.07 Å². The Bertz CT molecular complexity index is 670. The van der Waals surface area contributed by atoms with E-state index in [-0.39, 0.29) is 18.8 Å². The standard InChI is InChI=1S/C18H22BNO4/c1-17(2)18(3,4)24-19(23-17)15(12-21)11-13-5-7-14(8-6-13)16(22)9-10-20/h5-8,11,21H,9,12H2,1-4H3. The van der Waals surface area contributed by atoms with E-state index in [1.807, 2.05) is 33.8 Å². The third-order valence-corrected chi connectivity index (χ3v) is 4.56. The molecular formula is C18H22BNO4. The molecule has 0 aromatic heterocycles. The normalized spacial score (nSPS) is 19.2. The third-order valence-electron chi connectivity index (χ3n) is 4.56. The number of nitriles is 1. The molecule has 1 aliphatic rings. The number of hydrogen-bond acceptors (Lipinski definition) is 5. The average molecular weight is 327 g/mol. The monoisotopic (exact) mass is 327 g/mol. The lowest BCUT2D eigenvalue weighted by Crippen LogP contribution is -2.41. The first-order valence-electron chi connectivity index (χ1n) is 7.87. The highest BCUT2D eigenvalue weighted by Crippen LogP contribution is 2.38. The summed E-state index contributed by atoms with van der Waals surface area (Å²) >= 11 is 0. The Morgan fingerprint density at radius 3 is 2.21 bits per heavy atom. The van der Waals surface area contributed by atoms with Gasteiger partial charge in [-0.2, -0.15) is 5.26 Å². The van der Waals surface area contributed by atoms with Crippen LogP contribution in [0.25, 0.3) is 6.08 Å². The molecule has 1 saturated heterocycles. The average Bonchev–Trinajstić information content (AvgIpc) is 2.73. The van der Waals surface area contributed by atoms with Crippen molar-refractivity contribution in [2.45, 2.75) is 45.3 Å². The molecule has 1 N–H and O–H groups in total. The van der Waals surface area contributed by atoms with Gasteiger partial charge in [-0.1, -0.05) is 30.3 Å². The SMILES string of the molecule is CC1(C)OB(C(=Cc2ccc(C(=O)CC#N)cc2)CO)OC1(C)C. The number of benzene rings is 1. The van der Waals surface area contributed by atoms with Gasteiger partial charge in [0.25, 0.3) is 0 Å². The molecule has 0 unspecified atom stereocenters. The van der Waals surface area contributed by atoms with Crippen LogP contribution in [0.1, 0.15) is 50.0 Å². The van der Waals surface area contributed by atoms with Gasteiger partial charge in [0.15, 0.2) is 5.78 Å². The first-order chi connectivity index (χ1) is 11.2. The smallest absolute Gasteiger partial charge is 0.400 e. The molecule has 0 spiro atoms. The predicted octanol–water partition coefficient (Wildman–Crippen LogP) is 2.79. The van der Waals surface area contributed by atoms with Gasteiger partial charge < -0.3 is 14.4 Å². The number of nitrogens with zero attached hydrogens (tertiary/aromatic N) is 1. The van der Waals surface area contributed by atoms with Gasteiger partial charge in [-0.3, -0.25) is 4.79 Å². The topological polar surface area (TPSA) is 79.6 Å². The first-order valence-corrected chi connectivity index (χ1v) is 7.87. The molecule has 0 aliphatic carbocycles. The van der Waals surface area contributed by atoms with E-state index in [1.165, 1.54) is 0 Å². The summed E-state index contributed by atoms with van der Waals surface area (Å²) in [6.45, 7) is 7.64. The zero-order chi connectivity index (χ0) is 18.0. The highest BCUT2D eigenvalue weighted by molar-refractivity contribution is 6.55. The summed E-state index contributed by atoms with van der Waals surface area (Å²) in [5.74, 6) is -0.207. The van der Waals surface area contributed by atoms with Crippen LogP contribution in [-0.4, -0.2) is 35.8 Å². The van der Waals surface area contributed by atoms with Crippen molar-refractivity contribution < 1.29 is 19.2 Å². The minimum Gasteiger partial charge on any atom is -0.400 e. The molecule has 1 aliphatic heterocycles. The second-order valence-electron chi connectivity index (χ2n) is 6.85. The van der Waals surface area contributed by atoms with Crippen LogP contribution >= 0.6 is 0 Å². The Balaban J connectivity index is 2.20. The van der Waals surface area contributed by atoms with Crippen molar-refractivity contribution in [2.24, 2.45) is 0 Å². The fraction of sp³-hybridized carbons (Fsp3) is 0.444. The maximum absolute atomic E-state index is 11.7. The van der Waals surface area contributed by atoms with Gasteiger partial charge in [0.05, 0.1) is 30.3 Å². The molecule has 0 radical (unpaired) electrons. The van der Waals surface area contributed by atoms with Crippen LogP contribution in [0.5, 0.6) is 0 Å². The summed E-state index contributed by atoms with van der Waals surface area (Å²) in [5, 5.41) is 18.3. The van der Waals surface area contributed by atoms with Crippen molar-refractivity contribution in [3.63, 3.8) is 0 Å². The van der Waals surface area contributed by atoms with Gasteiger partial charge in [0.2, 0.25) is 0 Å². The van der Waals surface area contributed by atoms with Crippen LogP contribution in [0.3, 0.4) is 0 Å². The molecular weight excluding hydrogens is 305 g/mol. The second-order valence-corrected chi connectivity index (χ2v) is 6.85. The number of aliphatic hydroxyl groups excluding tert-OH is 1. The molecule has 6 heteroatoms. The molecule has 24 heavy (non-hydrogen) atoms. The van der Waals surface area contributed by atoms with E-state index in [0.717, 1.165) is 5.56 Å². The van der Waals surface area contributed by atoms with E-state index in [1.54, 1.807) is 30.3 Å². The molecule has 0 saturated carbocycles. The molecule has 5 nitrogen and oxygen atoms in total. The van der Waals surface area contributed by atoms with Crippen molar-refractivity contribution in [1.82, 2.24) is 0 Å². The summed E-state index contributed by atoms with van der Waals surface area (Å²) in [5.41, 5.74) is 0.987. The summed E-state index contributed by atoms with van der Waals surface area (Å²) in [6, 6.07) is 8.73. The van der Waals surface area contributed by atoms with E-state index < -0.39 is 18.3 Å². The zero-order valence-corrected chi connectivity index (χ0v) is 14.5. The zero-order valence-electron chi connectivity index (χ0n) is 14.5. The summed E-state index contributed by atoms with van der Waals surface area (Å²) in [7, 11) is -0.611. The van der Waals surface area contributed by atoms with Crippen LogP contribution in [0.2, 0.25) is 0 Å². The largest absolute Gasteiger partial charge is 0.492 e. The third kappa shape index (κ3) is 3.76. The van der Waals surface area contributed by atoms with Gasteiger partial charge in [0.1, 0.15) is 0 Å². The van der Waals surface area contributed by atoms with E-state index in [9.17, 15) is 9.90 Å². The van der Waals surface area contributed by atoms with Crippen LogP contribution in [0.4, 0.5) is 0 Å². The number of hydrogen-bond donors (Lipinski definition) is 1. The number of rotatable bonds is 5. The molecule has 1 heterocycles. The van der Waals surface area contributed by atoms with Gasteiger partial charge in [-0.05, 0) is 38.7 Å².